The molecule has 0 fully saturated rings. The Hall–Kier alpha value is -1.69. The molecule has 1 unspecified atom stereocenters. The molecule has 0 spiro atoms. The van der Waals surface area contributed by atoms with Crippen LogP contribution in [0.15, 0.2) is 46.3 Å². The zero-order chi connectivity index (χ0) is 13.2. The van der Waals surface area contributed by atoms with E-state index in [0.717, 1.165) is 10.4 Å². The smallest absolute Gasteiger partial charge is 0.249 e. The number of hydrogen-bond donors (Lipinski definition) is 1. The fourth-order valence-corrected chi connectivity index (χ4v) is 2.61. The second-order valence-electron chi connectivity index (χ2n) is 3.96. The molecule has 0 saturated carbocycles. The van der Waals surface area contributed by atoms with Crippen LogP contribution in [0.25, 0.3) is 11.4 Å². The molecule has 6 heteroatoms. The van der Waals surface area contributed by atoms with Crippen molar-refractivity contribution in [1.82, 2.24) is 10.1 Å². The van der Waals surface area contributed by atoms with Gasteiger partial charge in [0, 0.05) is 15.5 Å². The van der Waals surface area contributed by atoms with Gasteiger partial charge in [0.05, 0.1) is 0 Å². The Kier molecular flexibility index (Phi) is 3.33. The molecule has 4 nitrogen and oxygen atoms in total. The van der Waals surface area contributed by atoms with E-state index in [1.54, 1.807) is 23.5 Å². The Morgan fingerprint density at radius 2 is 2.16 bits per heavy atom. The van der Waals surface area contributed by atoms with Crippen molar-refractivity contribution in [2.24, 2.45) is 5.73 Å². The van der Waals surface area contributed by atoms with Crippen LogP contribution in [0.1, 0.15) is 16.8 Å². The van der Waals surface area contributed by atoms with E-state index in [-0.39, 0.29) is 6.04 Å². The molecule has 2 heterocycles. The van der Waals surface area contributed by atoms with Crippen molar-refractivity contribution in [3.63, 3.8) is 0 Å². The molecule has 0 aliphatic rings. The third-order valence-corrected chi connectivity index (χ3v) is 3.83. The van der Waals surface area contributed by atoms with E-state index < -0.39 is 0 Å². The maximum atomic E-state index is 6.07. The van der Waals surface area contributed by atoms with Crippen molar-refractivity contribution in [3.05, 3.63) is 57.6 Å². The molecule has 0 aliphatic carbocycles. The standard InChI is InChI=1S/C13H10ClN3OS/c14-9-4-1-3-8(7-9)12-16-13(18-17-12)11(15)10-5-2-6-19-10/h1-7,11H,15H2. The van der Waals surface area contributed by atoms with Crippen LogP contribution < -0.4 is 5.73 Å². The van der Waals surface area contributed by atoms with Gasteiger partial charge in [-0.05, 0) is 23.6 Å². The second-order valence-corrected chi connectivity index (χ2v) is 5.38. The summed E-state index contributed by atoms with van der Waals surface area (Å²) in [5.41, 5.74) is 6.88. The topological polar surface area (TPSA) is 64.9 Å². The van der Waals surface area contributed by atoms with Crippen LogP contribution in [-0.4, -0.2) is 10.1 Å². The number of halogens is 1. The van der Waals surface area contributed by atoms with Crippen molar-refractivity contribution < 1.29 is 4.52 Å². The second kappa shape index (κ2) is 5.13. The van der Waals surface area contributed by atoms with Gasteiger partial charge in [0.2, 0.25) is 11.7 Å². The quantitative estimate of drug-likeness (QED) is 0.802. The predicted octanol–water partition coefficient (Wildman–Crippen LogP) is 3.50. The van der Waals surface area contributed by atoms with Gasteiger partial charge in [-0.15, -0.1) is 11.3 Å². The highest BCUT2D eigenvalue weighted by atomic mass is 35.5. The first-order valence-corrected chi connectivity index (χ1v) is 6.88. The van der Waals surface area contributed by atoms with Crippen LogP contribution in [-0.2, 0) is 0 Å². The number of benzene rings is 1. The highest BCUT2D eigenvalue weighted by Crippen LogP contribution is 2.25. The summed E-state index contributed by atoms with van der Waals surface area (Å²) in [6, 6.07) is 10.8. The minimum atomic E-state index is -0.388. The Balaban J connectivity index is 1.91. The van der Waals surface area contributed by atoms with Crippen LogP contribution in [0.2, 0.25) is 5.02 Å². The first-order chi connectivity index (χ1) is 9.24. The maximum absolute atomic E-state index is 6.07. The number of nitrogens with zero attached hydrogens (tertiary/aromatic N) is 2. The molecule has 0 amide bonds. The SMILES string of the molecule is NC(c1nc(-c2cccc(Cl)c2)no1)c1cccs1. The monoisotopic (exact) mass is 291 g/mol. The largest absolute Gasteiger partial charge is 0.337 e. The zero-order valence-electron chi connectivity index (χ0n) is 9.79. The van der Waals surface area contributed by atoms with Crippen LogP contribution in [0.4, 0.5) is 0 Å². The van der Waals surface area contributed by atoms with Crippen LogP contribution in [0.5, 0.6) is 0 Å². The third-order valence-electron chi connectivity index (χ3n) is 2.64. The Labute approximate surface area is 118 Å². The first-order valence-electron chi connectivity index (χ1n) is 5.62. The summed E-state index contributed by atoms with van der Waals surface area (Å²) < 4.78 is 5.22. The molecule has 1 atom stereocenters. The van der Waals surface area contributed by atoms with Gasteiger partial charge < -0.3 is 10.3 Å². The molecule has 0 radical (unpaired) electrons. The highest BCUT2D eigenvalue weighted by molar-refractivity contribution is 7.10. The van der Waals surface area contributed by atoms with Gasteiger partial charge in [-0.25, -0.2) is 0 Å². The van der Waals surface area contributed by atoms with Crippen molar-refractivity contribution >= 4 is 22.9 Å². The minimum absolute atomic E-state index is 0.388. The molecule has 1 aromatic carbocycles. The van der Waals surface area contributed by atoms with Crippen molar-refractivity contribution in [2.45, 2.75) is 6.04 Å². The van der Waals surface area contributed by atoms with Gasteiger partial charge in [0.1, 0.15) is 6.04 Å². The van der Waals surface area contributed by atoms with E-state index in [0.29, 0.717) is 16.7 Å². The van der Waals surface area contributed by atoms with Crippen molar-refractivity contribution in [3.8, 4) is 11.4 Å². The van der Waals surface area contributed by atoms with E-state index in [1.807, 2.05) is 29.6 Å². The molecule has 3 rings (SSSR count). The van der Waals surface area contributed by atoms with Crippen LogP contribution in [0.3, 0.4) is 0 Å². The minimum Gasteiger partial charge on any atom is -0.337 e. The fourth-order valence-electron chi connectivity index (χ4n) is 1.70. The summed E-state index contributed by atoms with van der Waals surface area (Å²) in [6.45, 7) is 0. The third kappa shape index (κ3) is 2.53. The van der Waals surface area contributed by atoms with Gasteiger partial charge in [-0.2, -0.15) is 4.98 Å². The van der Waals surface area contributed by atoms with E-state index >= 15 is 0 Å². The summed E-state index contributed by atoms with van der Waals surface area (Å²) in [4.78, 5) is 5.31. The number of aromatic nitrogens is 2. The average molecular weight is 292 g/mol. The van der Waals surface area contributed by atoms with E-state index in [2.05, 4.69) is 10.1 Å². The highest BCUT2D eigenvalue weighted by Gasteiger charge is 2.18. The average Bonchev–Trinajstić information content (AvgIpc) is 3.10. The van der Waals surface area contributed by atoms with Crippen molar-refractivity contribution in [2.75, 3.05) is 0 Å². The fraction of sp³-hybridized carbons (Fsp3) is 0.0769. The lowest BCUT2D eigenvalue weighted by molar-refractivity contribution is 0.368. The van der Waals surface area contributed by atoms with Crippen molar-refractivity contribution in [1.29, 1.82) is 0 Å². The predicted molar refractivity (Wildman–Crippen MR) is 75.1 cm³/mol. The molecule has 0 saturated heterocycles. The lowest BCUT2D eigenvalue weighted by atomic mass is 10.2. The van der Waals surface area contributed by atoms with Crippen LogP contribution in [0, 0.1) is 0 Å². The first kappa shape index (κ1) is 12.3. The van der Waals surface area contributed by atoms with E-state index in [9.17, 15) is 0 Å². The van der Waals surface area contributed by atoms with Gasteiger partial charge in [-0.3, -0.25) is 0 Å². The summed E-state index contributed by atoms with van der Waals surface area (Å²) in [7, 11) is 0. The normalized spacial score (nSPS) is 12.5. The lowest BCUT2D eigenvalue weighted by Crippen LogP contribution is -2.10. The number of thiophene rings is 1. The van der Waals surface area contributed by atoms with Crippen LogP contribution >= 0.6 is 22.9 Å². The number of hydrogen-bond acceptors (Lipinski definition) is 5. The lowest BCUT2D eigenvalue weighted by Gasteiger charge is -2.01. The molecule has 19 heavy (non-hydrogen) atoms. The zero-order valence-corrected chi connectivity index (χ0v) is 11.4. The number of rotatable bonds is 3. The molecule has 0 aliphatic heterocycles. The molecule has 3 aromatic rings. The summed E-state index contributed by atoms with van der Waals surface area (Å²) in [6.07, 6.45) is 0. The molecule has 0 bridgehead atoms. The number of nitrogens with two attached hydrogens (primary N) is 1. The van der Waals surface area contributed by atoms with Gasteiger partial charge in [0.25, 0.3) is 0 Å². The molecular weight excluding hydrogens is 282 g/mol. The summed E-state index contributed by atoms with van der Waals surface area (Å²) in [5, 5.41) is 6.53. The molecule has 2 N–H and O–H groups in total. The van der Waals surface area contributed by atoms with E-state index in [4.69, 9.17) is 21.9 Å². The Morgan fingerprint density at radius 1 is 1.26 bits per heavy atom. The summed E-state index contributed by atoms with van der Waals surface area (Å²) >= 11 is 7.50. The Bertz CT molecular complexity index is 681. The maximum Gasteiger partial charge on any atom is 0.249 e. The molecule has 96 valence electrons. The summed E-state index contributed by atoms with van der Waals surface area (Å²) in [5.74, 6) is 0.891. The van der Waals surface area contributed by atoms with Gasteiger partial charge in [-0.1, -0.05) is 35.0 Å². The van der Waals surface area contributed by atoms with Gasteiger partial charge in [0.15, 0.2) is 0 Å². The molecular formula is C13H10ClN3OS. The van der Waals surface area contributed by atoms with Gasteiger partial charge >= 0.3 is 0 Å². The van der Waals surface area contributed by atoms with E-state index in [1.165, 1.54) is 0 Å². The Morgan fingerprint density at radius 3 is 2.89 bits per heavy atom. The molecule has 2 aromatic heterocycles.